The molecule has 2 aliphatic carbocycles. The lowest BCUT2D eigenvalue weighted by Gasteiger charge is -2.28. The van der Waals surface area contributed by atoms with Crippen LogP contribution in [0.2, 0.25) is 0 Å². The van der Waals surface area contributed by atoms with Crippen LogP contribution in [0.15, 0.2) is 12.3 Å². The van der Waals surface area contributed by atoms with Gasteiger partial charge in [-0.15, -0.1) is 0 Å². The Kier molecular flexibility index (Phi) is 4.31. The Morgan fingerprint density at radius 3 is 2.60 bits per heavy atom. The highest BCUT2D eigenvalue weighted by Gasteiger charge is 2.33. The van der Waals surface area contributed by atoms with E-state index in [1.165, 1.54) is 41.8 Å². The van der Waals surface area contributed by atoms with Gasteiger partial charge in [0.1, 0.15) is 0 Å². The average molecular weight is 341 g/mol. The topological polar surface area (TPSA) is 51.8 Å². The van der Waals surface area contributed by atoms with Crippen LogP contribution in [-0.4, -0.2) is 15.1 Å². The van der Waals surface area contributed by atoms with E-state index in [-0.39, 0.29) is 6.10 Å². The molecule has 0 fully saturated rings. The quantitative estimate of drug-likeness (QED) is 0.679. The second-order valence-electron chi connectivity index (χ2n) is 8.77. The Labute approximate surface area is 151 Å². The maximum atomic E-state index is 10.5. The molecule has 2 heterocycles. The summed E-state index contributed by atoms with van der Waals surface area (Å²) in [6.45, 7) is 9.17. The third-order valence-electron chi connectivity index (χ3n) is 6.51. The summed E-state index contributed by atoms with van der Waals surface area (Å²) >= 11 is 0. The predicted molar refractivity (Wildman–Crippen MR) is 102 cm³/mol. The third kappa shape index (κ3) is 2.77. The molecule has 0 aromatic carbocycles. The second kappa shape index (κ2) is 6.35. The highest BCUT2D eigenvalue weighted by Crippen LogP contribution is 2.45. The first-order valence-corrected chi connectivity index (χ1v) is 10.1. The molecule has 3 unspecified atom stereocenters. The van der Waals surface area contributed by atoms with Crippen molar-refractivity contribution in [3.8, 4) is 0 Å². The highest BCUT2D eigenvalue weighted by molar-refractivity contribution is 5.43. The standard InChI is InChI=1S/C22H32N2O/c1-12(2)14-8-9-20(25)22-17(14)10-19(24-22)16-7-5-6-15-18(13(3)4)11-23-21(15)16/h10-14,16,20,23-25H,5-9H2,1-4H3. The molecule has 3 heteroatoms. The number of aromatic amines is 2. The monoisotopic (exact) mass is 340 g/mol. The molecule has 2 aromatic heterocycles. The average Bonchev–Trinajstić information content (AvgIpc) is 3.19. The first-order valence-electron chi connectivity index (χ1n) is 10.1. The van der Waals surface area contributed by atoms with Crippen LogP contribution in [0.25, 0.3) is 0 Å². The van der Waals surface area contributed by atoms with Gasteiger partial charge in [0, 0.05) is 29.2 Å². The van der Waals surface area contributed by atoms with Gasteiger partial charge >= 0.3 is 0 Å². The minimum atomic E-state index is -0.323. The zero-order valence-electron chi connectivity index (χ0n) is 16.0. The fraction of sp³-hybridized carbons (Fsp3) is 0.636. The Morgan fingerprint density at radius 2 is 1.88 bits per heavy atom. The van der Waals surface area contributed by atoms with Crippen molar-refractivity contribution >= 4 is 0 Å². The molecule has 2 aliphatic rings. The Balaban J connectivity index is 1.74. The molecule has 0 saturated heterocycles. The number of hydrogen-bond acceptors (Lipinski definition) is 1. The van der Waals surface area contributed by atoms with Gasteiger partial charge in [-0.1, -0.05) is 27.7 Å². The van der Waals surface area contributed by atoms with Gasteiger partial charge in [0.15, 0.2) is 0 Å². The Morgan fingerprint density at radius 1 is 1.08 bits per heavy atom. The normalized spacial score (nSPS) is 26.1. The van der Waals surface area contributed by atoms with Crippen LogP contribution in [-0.2, 0) is 6.42 Å². The van der Waals surface area contributed by atoms with E-state index in [1.807, 2.05) is 0 Å². The van der Waals surface area contributed by atoms with Crippen molar-refractivity contribution in [2.45, 2.75) is 83.7 Å². The van der Waals surface area contributed by atoms with Crippen LogP contribution in [0.1, 0.15) is 111 Å². The summed E-state index contributed by atoms with van der Waals surface area (Å²) in [5.41, 5.74) is 8.18. The number of aromatic nitrogens is 2. The van der Waals surface area contributed by atoms with E-state index in [4.69, 9.17) is 0 Å². The molecule has 25 heavy (non-hydrogen) atoms. The maximum absolute atomic E-state index is 10.5. The first kappa shape index (κ1) is 17.0. The number of H-pyrrole nitrogens is 2. The minimum Gasteiger partial charge on any atom is -0.387 e. The number of fused-ring (bicyclic) bond motifs is 2. The van der Waals surface area contributed by atoms with Gasteiger partial charge in [0.25, 0.3) is 0 Å². The van der Waals surface area contributed by atoms with E-state index < -0.39 is 0 Å². The smallest absolute Gasteiger partial charge is 0.0940 e. The fourth-order valence-electron chi connectivity index (χ4n) is 5.14. The first-order chi connectivity index (χ1) is 12.0. The summed E-state index contributed by atoms with van der Waals surface area (Å²) in [4.78, 5) is 7.25. The lowest BCUT2D eigenvalue weighted by Crippen LogP contribution is -2.17. The molecule has 0 radical (unpaired) electrons. The molecule has 2 aromatic rings. The number of nitrogens with one attached hydrogen (secondary N) is 2. The molecule has 3 nitrogen and oxygen atoms in total. The lowest BCUT2D eigenvalue weighted by molar-refractivity contribution is 0.141. The second-order valence-corrected chi connectivity index (χ2v) is 8.77. The fourth-order valence-corrected chi connectivity index (χ4v) is 5.14. The van der Waals surface area contributed by atoms with Crippen molar-refractivity contribution in [1.29, 1.82) is 0 Å². The van der Waals surface area contributed by atoms with E-state index in [0.29, 0.717) is 23.7 Å². The van der Waals surface area contributed by atoms with Crippen LogP contribution in [0.5, 0.6) is 0 Å². The van der Waals surface area contributed by atoms with Crippen molar-refractivity contribution in [3.63, 3.8) is 0 Å². The molecule has 0 saturated carbocycles. The predicted octanol–water partition coefficient (Wildman–Crippen LogP) is 5.50. The van der Waals surface area contributed by atoms with Crippen LogP contribution in [0.4, 0.5) is 0 Å². The van der Waals surface area contributed by atoms with Gasteiger partial charge in [-0.05, 0) is 72.6 Å². The number of rotatable bonds is 3. The van der Waals surface area contributed by atoms with E-state index in [2.05, 4.69) is 49.9 Å². The van der Waals surface area contributed by atoms with Crippen molar-refractivity contribution in [1.82, 2.24) is 9.97 Å². The van der Waals surface area contributed by atoms with Crippen LogP contribution >= 0.6 is 0 Å². The Bertz CT molecular complexity index is 752. The van der Waals surface area contributed by atoms with Gasteiger partial charge in [0.05, 0.1) is 6.10 Å². The van der Waals surface area contributed by atoms with Crippen LogP contribution in [0.3, 0.4) is 0 Å². The van der Waals surface area contributed by atoms with Gasteiger partial charge in [-0.2, -0.15) is 0 Å². The molecule has 136 valence electrons. The largest absolute Gasteiger partial charge is 0.387 e. The molecular weight excluding hydrogens is 308 g/mol. The van der Waals surface area contributed by atoms with Crippen molar-refractivity contribution in [2.75, 3.05) is 0 Å². The summed E-state index contributed by atoms with van der Waals surface area (Å²) in [6.07, 6.45) is 7.51. The van der Waals surface area contributed by atoms with E-state index >= 15 is 0 Å². The third-order valence-corrected chi connectivity index (χ3v) is 6.51. The lowest BCUT2D eigenvalue weighted by atomic mass is 9.78. The SMILES string of the molecule is CC(C)c1c[nH]c2c1CCCC2c1cc2c([nH]1)C(O)CCC2C(C)C. The molecule has 0 spiro atoms. The minimum absolute atomic E-state index is 0.323. The molecule has 0 amide bonds. The van der Waals surface area contributed by atoms with Gasteiger partial charge < -0.3 is 15.1 Å². The van der Waals surface area contributed by atoms with E-state index in [0.717, 1.165) is 18.5 Å². The summed E-state index contributed by atoms with van der Waals surface area (Å²) in [7, 11) is 0. The van der Waals surface area contributed by atoms with Crippen molar-refractivity contribution in [3.05, 3.63) is 46.0 Å². The number of aliphatic hydroxyl groups is 1. The van der Waals surface area contributed by atoms with Gasteiger partial charge in [-0.3, -0.25) is 0 Å². The molecule has 4 rings (SSSR count). The molecule has 3 atom stereocenters. The zero-order valence-corrected chi connectivity index (χ0v) is 16.0. The van der Waals surface area contributed by atoms with Gasteiger partial charge in [0.2, 0.25) is 0 Å². The number of aliphatic hydroxyl groups excluding tert-OH is 1. The summed E-state index contributed by atoms with van der Waals surface area (Å²) < 4.78 is 0. The molecule has 3 N–H and O–H groups in total. The molecule has 0 bridgehead atoms. The Hall–Kier alpha value is -1.48. The van der Waals surface area contributed by atoms with Crippen LogP contribution in [0, 0.1) is 5.92 Å². The maximum Gasteiger partial charge on any atom is 0.0940 e. The van der Waals surface area contributed by atoms with E-state index in [1.54, 1.807) is 5.56 Å². The summed E-state index contributed by atoms with van der Waals surface area (Å²) in [5, 5.41) is 10.5. The summed E-state index contributed by atoms with van der Waals surface area (Å²) in [5.74, 6) is 2.18. The zero-order chi connectivity index (χ0) is 17.7. The number of hydrogen-bond donors (Lipinski definition) is 3. The highest BCUT2D eigenvalue weighted by atomic mass is 16.3. The summed E-state index contributed by atoms with van der Waals surface area (Å²) in [6, 6.07) is 2.37. The van der Waals surface area contributed by atoms with Crippen molar-refractivity contribution in [2.24, 2.45) is 5.92 Å². The van der Waals surface area contributed by atoms with Crippen molar-refractivity contribution < 1.29 is 5.11 Å². The molecule has 0 aliphatic heterocycles. The van der Waals surface area contributed by atoms with Crippen LogP contribution < -0.4 is 0 Å². The van der Waals surface area contributed by atoms with E-state index in [9.17, 15) is 5.11 Å². The van der Waals surface area contributed by atoms with Gasteiger partial charge in [-0.25, -0.2) is 0 Å². The molecular formula is C22H32N2O.